The molecule has 0 saturated heterocycles. The lowest BCUT2D eigenvalue weighted by molar-refractivity contribution is -0.137. The van der Waals surface area contributed by atoms with E-state index in [-0.39, 0.29) is 11.1 Å². The van der Waals surface area contributed by atoms with Gasteiger partial charge in [0.15, 0.2) is 5.96 Å². The summed E-state index contributed by atoms with van der Waals surface area (Å²) >= 11 is 0. The molecule has 1 atom stereocenters. The molecule has 2 heterocycles. The van der Waals surface area contributed by atoms with Gasteiger partial charge in [0, 0.05) is 30.6 Å². The number of hydrogen-bond acceptors (Lipinski definition) is 4. The Morgan fingerprint density at radius 2 is 1.84 bits per heavy atom. The Morgan fingerprint density at radius 1 is 1.08 bits per heavy atom. The third-order valence-corrected chi connectivity index (χ3v) is 6.10. The highest BCUT2D eigenvalue weighted by Gasteiger charge is 2.37. The summed E-state index contributed by atoms with van der Waals surface area (Å²) in [6.45, 7) is 2.55. The van der Waals surface area contributed by atoms with Gasteiger partial charge in [0.25, 0.3) is 0 Å². The summed E-state index contributed by atoms with van der Waals surface area (Å²) in [6.07, 6.45) is -2.23. The van der Waals surface area contributed by atoms with Crippen LogP contribution in [0.3, 0.4) is 0 Å². The third kappa shape index (κ3) is 6.17. The maximum atomic E-state index is 13.5. The average molecular weight is 509 g/mol. The van der Waals surface area contributed by atoms with E-state index in [2.05, 4.69) is 10.3 Å². The highest BCUT2D eigenvalue weighted by atomic mass is 19.4. The van der Waals surface area contributed by atoms with E-state index in [0.717, 1.165) is 23.4 Å². The molecule has 0 saturated carbocycles. The number of halogens is 3. The molecule has 4 rings (SSSR count). The number of aliphatic imine (C=N–C) groups is 1. The first-order valence-corrected chi connectivity index (χ1v) is 11.8. The molecule has 9 heteroatoms. The van der Waals surface area contributed by atoms with Crippen LogP contribution < -0.4 is 5.32 Å². The second kappa shape index (κ2) is 11.3. The van der Waals surface area contributed by atoms with Crippen molar-refractivity contribution in [1.29, 1.82) is 0 Å². The van der Waals surface area contributed by atoms with Crippen LogP contribution in [-0.4, -0.2) is 35.5 Å². The molecule has 0 fully saturated rings. The zero-order valence-corrected chi connectivity index (χ0v) is 20.5. The van der Waals surface area contributed by atoms with Gasteiger partial charge in [-0.15, -0.1) is 0 Å². The molecule has 1 aliphatic rings. The van der Waals surface area contributed by atoms with E-state index in [4.69, 9.17) is 9.73 Å². The van der Waals surface area contributed by atoms with Gasteiger partial charge in [-0.1, -0.05) is 48.5 Å². The molecule has 6 nitrogen and oxygen atoms in total. The van der Waals surface area contributed by atoms with E-state index < -0.39 is 23.8 Å². The summed E-state index contributed by atoms with van der Waals surface area (Å²) < 4.78 is 45.5. The molecule has 1 aliphatic heterocycles. The van der Waals surface area contributed by atoms with Crippen LogP contribution in [-0.2, 0) is 28.7 Å². The molecule has 0 bridgehead atoms. The summed E-state index contributed by atoms with van der Waals surface area (Å²) in [5, 5.41) is 3.23. The van der Waals surface area contributed by atoms with Crippen molar-refractivity contribution in [3.05, 3.63) is 113 Å². The highest BCUT2D eigenvalue weighted by molar-refractivity contribution is 5.96. The van der Waals surface area contributed by atoms with Crippen LogP contribution in [0.4, 0.5) is 13.2 Å². The van der Waals surface area contributed by atoms with Crippen LogP contribution in [0.15, 0.2) is 95.3 Å². The van der Waals surface area contributed by atoms with Gasteiger partial charge in [-0.05, 0) is 42.3 Å². The Kier molecular flexibility index (Phi) is 7.91. The van der Waals surface area contributed by atoms with Crippen molar-refractivity contribution in [1.82, 2.24) is 15.2 Å². The minimum atomic E-state index is -4.52. The smallest absolute Gasteiger partial charge is 0.416 e. The molecule has 37 heavy (non-hydrogen) atoms. The van der Waals surface area contributed by atoms with Gasteiger partial charge in [-0.2, -0.15) is 13.2 Å². The lowest BCUT2D eigenvalue weighted by Gasteiger charge is -2.38. The number of benzene rings is 2. The van der Waals surface area contributed by atoms with E-state index in [9.17, 15) is 18.0 Å². The number of allylic oxidation sites excluding steroid dienone is 1. The van der Waals surface area contributed by atoms with E-state index in [0.29, 0.717) is 31.2 Å². The van der Waals surface area contributed by atoms with Crippen molar-refractivity contribution < 1.29 is 22.7 Å². The van der Waals surface area contributed by atoms with Gasteiger partial charge in [-0.3, -0.25) is 9.98 Å². The van der Waals surface area contributed by atoms with E-state index in [1.165, 1.54) is 13.2 Å². The number of esters is 1. The molecule has 2 aromatic carbocycles. The summed E-state index contributed by atoms with van der Waals surface area (Å²) in [4.78, 5) is 23.9. The first-order valence-electron chi connectivity index (χ1n) is 11.8. The maximum absolute atomic E-state index is 13.5. The topological polar surface area (TPSA) is 66.8 Å². The SMILES string of the molecule is COC(=O)C1=C(C)N(Cc2ccccc2)C(=NCCc2ccccn2)N[C@H]1c1cccc(C(F)(F)F)c1. The molecule has 3 aromatic rings. The third-order valence-electron chi connectivity index (χ3n) is 6.10. The summed E-state index contributed by atoms with van der Waals surface area (Å²) in [5.74, 6) is -0.176. The van der Waals surface area contributed by atoms with Crippen molar-refractivity contribution >= 4 is 11.9 Å². The number of methoxy groups -OCH3 is 1. The standard InChI is InChI=1S/C28H27F3N4O2/c1-19-24(26(36)37-2)25(21-11-8-12-22(17-21)28(29,30)31)34-27(33-16-14-23-13-6-7-15-32-23)35(19)18-20-9-4-3-5-10-20/h3-13,15,17,25H,14,16,18H2,1-2H3,(H,33,34)/t25-/m0/s1. The Bertz CT molecular complexity index is 1290. The fourth-order valence-corrected chi connectivity index (χ4v) is 4.23. The maximum Gasteiger partial charge on any atom is 0.416 e. The minimum Gasteiger partial charge on any atom is -0.466 e. The molecule has 0 unspecified atom stereocenters. The van der Waals surface area contributed by atoms with Gasteiger partial charge < -0.3 is 15.0 Å². The quantitative estimate of drug-likeness (QED) is 0.439. The van der Waals surface area contributed by atoms with Crippen molar-refractivity contribution in [2.45, 2.75) is 32.1 Å². The second-order valence-electron chi connectivity index (χ2n) is 8.54. The minimum absolute atomic E-state index is 0.224. The number of carbonyl (C=O) groups is 1. The largest absolute Gasteiger partial charge is 0.466 e. The van der Waals surface area contributed by atoms with E-state index in [1.54, 1.807) is 19.2 Å². The molecular weight excluding hydrogens is 481 g/mol. The summed E-state index contributed by atoms with van der Waals surface area (Å²) in [7, 11) is 1.25. The van der Waals surface area contributed by atoms with Crippen molar-refractivity contribution in [2.75, 3.05) is 13.7 Å². The monoisotopic (exact) mass is 508 g/mol. The van der Waals surface area contributed by atoms with Crippen LogP contribution >= 0.6 is 0 Å². The van der Waals surface area contributed by atoms with Gasteiger partial charge in [0.05, 0.1) is 30.8 Å². The number of nitrogens with one attached hydrogen (secondary N) is 1. The van der Waals surface area contributed by atoms with Gasteiger partial charge in [0.2, 0.25) is 0 Å². The first kappa shape index (κ1) is 25.9. The molecule has 0 spiro atoms. The number of ether oxygens (including phenoxy) is 1. The van der Waals surface area contributed by atoms with Gasteiger partial charge >= 0.3 is 12.1 Å². The zero-order chi connectivity index (χ0) is 26.4. The van der Waals surface area contributed by atoms with Gasteiger partial charge in [0.1, 0.15) is 0 Å². The molecule has 0 amide bonds. The van der Waals surface area contributed by atoms with Crippen molar-refractivity contribution in [2.24, 2.45) is 4.99 Å². The number of carbonyl (C=O) groups excluding carboxylic acids is 1. The normalized spacial score (nSPS) is 17.1. The van der Waals surface area contributed by atoms with E-state index in [1.807, 2.05) is 53.4 Å². The molecule has 0 radical (unpaired) electrons. The molecule has 192 valence electrons. The Balaban J connectivity index is 1.77. The number of nitrogens with zero attached hydrogens (tertiary/aromatic N) is 3. The van der Waals surface area contributed by atoms with E-state index >= 15 is 0 Å². The number of hydrogen-bond donors (Lipinski definition) is 1. The van der Waals surface area contributed by atoms with Crippen LogP contribution in [0, 0.1) is 0 Å². The molecular formula is C28H27F3N4O2. The lowest BCUT2D eigenvalue weighted by atomic mass is 9.93. The summed E-state index contributed by atoms with van der Waals surface area (Å²) in [6, 6.07) is 19.3. The number of aromatic nitrogens is 1. The fourth-order valence-electron chi connectivity index (χ4n) is 4.23. The predicted molar refractivity (Wildman–Crippen MR) is 134 cm³/mol. The Labute approximate surface area is 213 Å². The molecule has 1 aromatic heterocycles. The predicted octanol–water partition coefficient (Wildman–Crippen LogP) is 5.29. The molecule has 1 N–H and O–H groups in total. The van der Waals surface area contributed by atoms with Crippen molar-refractivity contribution in [3.63, 3.8) is 0 Å². The van der Waals surface area contributed by atoms with Crippen LogP contribution in [0.5, 0.6) is 0 Å². The number of pyridine rings is 1. The first-order chi connectivity index (χ1) is 17.8. The lowest BCUT2D eigenvalue weighted by Crippen LogP contribution is -2.48. The van der Waals surface area contributed by atoms with Crippen LogP contribution in [0.1, 0.15) is 35.3 Å². The molecule has 0 aliphatic carbocycles. The zero-order valence-electron chi connectivity index (χ0n) is 20.5. The Morgan fingerprint density at radius 3 is 2.51 bits per heavy atom. The average Bonchev–Trinajstić information content (AvgIpc) is 2.90. The summed E-state index contributed by atoms with van der Waals surface area (Å²) in [5.41, 5.74) is 2.10. The van der Waals surface area contributed by atoms with Crippen molar-refractivity contribution in [3.8, 4) is 0 Å². The second-order valence-corrected chi connectivity index (χ2v) is 8.54. The Hall–Kier alpha value is -4.14. The van der Waals surface area contributed by atoms with Crippen LogP contribution in [0.2, 0.25) is 0 Å². The number of guanidine groups is 1. The number of alkyl halides is 3. The highest BCUT2D eigenvalue weighted by Crippen LogP contribution is 2.35. The van der Waals surface area contributed by atoms with Crippen LogP contribution in [0.25, 0.3) is 0 Å². The number of rotatable bonds is 7. The van der Waals surface area contributed by atoms with Gasteiger partial charge in [-0.25, -0.2) is 4.79 Å². The fraction of sp³-hybridized carbons (Fsp3) is 0.250.